The Balaban J connectivity index is 1.58. The Morgan fingerprint density at radius 1 is 1.04 bits per heavy atom. The molecule has 3 aromatic rings. The first-order chi connectivity index (χ1) is 21.6. The van der Waals surface area contributed by atoms with Crippen molar-refractivity contribution in [1.82, 2.24) is 5.32 Å². The van der Waals surface area contributed by atoms with Crippen molar-refractivity contribution in [2.75, 3.05) is 34.0 Å². The monoisotopic (exact) mass is 642 g/mol. The summed E-state index contributed by atoms with van der Waals surface area (Å²) in [6, 6.07) is 13.5. The number of carbonyl (C=O) groups is 2. The molecule has 1 heterocycles. The number of benzene rings is 3. The lowest BCUT2D eigenvalue weighted by Crippen LogP contribution is -2.48. The lowest BCUT2D eigenvalue weighted by Gasteiger charge is -2.37. The second-order valence-corrected chi connectivity index (χ2v) is 11.9. The zero-order chi connectivity index (χ0) is 32.3. The molecule has 3 aromatic carbocycles. The molecule has 0 unspecified atom stereocenters. The number of methoxy groups -OCH3 is 2. The van der Waals surface area contributed by atoms with E-state index in [0.717, 1.165) is 18.4 Å². The quantitative estimate of drug-likeness (QED) is 0.192. The van der Waals surface area contributed by atoms with Gasteiger partial charge in [0.2, 0.25) is 5.91 Å². The van der Waals surface area contributed by atoms with E-state index in [-0.39, 0.29) is 64.4 Å². The highest BCUT2D eigenvalue weighted by Gasteiger charge is 2.50. The molecule has 0 bridgehead atoms. The topological polar surface area (TPSA) is 109 Å². The Hall–Kier alpha value is -3.73. The van der Waals surface area contributed by atoms with Crippen molar-refractivity contribution in [3.63, 3.8) is 0 Å². The Morgan fingerprint density at radius 3 is 2.40 bits per heavy atom. The number of esters is 1. The van der Waals surface area contributed by atoms with Crippen LogP contribution in [0.1, 0.15) is 60.0 Å². The predicted molar refractivity (Wildman–Crippen MR) is 166 cm³/mol. The van der Waals surface area contributed by atoms with Crippen LogP contribution < -0.4 is 20.5 Å². The van der Waals surface area contributed by atoms with Crippen LogP contribution in [0.3, 0.4) is 0 Å². The van der Waals surface area contributed by atoms with Gasteiger partial charge in [-0.2, -0.15) is 0 Å². The minimum atomic E-state index is -1.05. The lowest BCUT2D eigenvalue weighted by atomic mass is 9.77. The number of primary amides is 1. The maximum Gasteiger partial charge on any atom is 0.308 e. The summed E-state index contributed by atoms with van der Waals surface area (Å²) in [6.07, 6.45) is 2.92. The van der Waals surface area contributed by atoms with Gasteiger partial charge in [0.15, 0.2) is 17.2 Å². The maximum absolute atomic E-state index is 16.3. The molecule has 0 spiro atoms. The lowest BCUT2D eigenvalue weighted by molar-refractivity contribution is -0.146. The van der Waals surface area contributed by atoms with Gasteiger partial charge in [0.25, 0.3) is 0 Å². The Kier molecular flexibility index (Phi) is 9.96. The van der Waals surface area contributed by atoms with Crippen LogP contribution in [0.25, 0.3) is 11.1 Å². The summed E-state index contributed by atoms with van der Waals surface area (Å²) in [6.45, 7) is 2.48. The highest BCUT2D eigenvalue weighted by Crippen LogP contribution is 2.56. The van der Waals surface area contributed by atoms with E-state index >= 15 is 8.78 Å². The molecule has 1 amide bonds. The third kappa shape index (κ3) is 6.23. The second kappa shape index (κ2) is 13.7. The van der Waals surface area contributed by atoms with Crippen molar-refractivity contribution in [1.29, 1.82) is 0 Å². The molecule has 240 valence electrons. The number of nitrogens with one attached hydrogen (secondary N) is 1. The van der Waals surface area contributed by atoms with Crippen molar-refractivity contribution in [2.45, 2.75) is 50.2 Å². The van der Waals surface area contributed by atoms with E-state index in [2.05, 4.69) is 5.32 Å². The summed E-state index contributed by atoms with van der Waals surface area (Å²) in [5.74, 6) is -3.45. The standard InChI is InChI=1S/C34H37ClF2N2O6/c1-19-27-26(17-24(36)30(35)29(27)28-23(32(38)40)13-14-25(31(28)37)44-16-15-42-2)45-34(19,21-7-5-4-6-8-21)18-39-22-11-9-20(10-12-22)33(41)43-3/h4-8,13-14,17,19-20,22,39H,9-12,15-16,18H2,1-3H3,(H2,38,40)/t19-,20?,22?,34-/m0/s1. The van der Waals surface area contributed by atoms with E-state index in [1.54, 1.807) is 0 Å². The zero-order valence-electron chi connectivity index (χ0n) is 25.5. The fourth-order valence-corrected chi connectivity index (χ4v) is 6.81. The predicted octanol–water partition coefficient (Wildman–Crippen LogP) is 6.12. The van der Waals surface area contributed by atoms with Crippen molar-refractivity contribution >= 4 is 23.5 Å². The average molecular weight is 643 g/mol. The number of nitrogens with two attached hydrogens (primary N) is 1. The van der Waals surface area contributed by atoms with Crippen LogP contribution in [0.5, 0.6) is 11.5 Å². The van der Waals surface area contributed by atoms with Gasteiger partial charge >= 0.3 is 5.97 Å². The third-order valence-electron chi connectivity index (χ3n) is 8.99. The first kappa shape index (κ1) is 32.7. The molecule has 0 radical (unpaired) electrons. The molecular weight excluding hydrogens is 606 g/mol. The molecule has 11 heteroatoms. The number of hydrogen-bond acceptors (Lipinski definition) is 7. The summed E-state index contributed by atoms with van der Waals surface area (Å²) < 4.78 is 54.1. The van der Waals surface area contributed by atoms with Crippen LogP contribution in [-0.2, 0) is 19.9 Å². The SMILES string of the molecule is COCCOc1ccc(C(N)=O)c(-c2c(Cl)c(F)cc3c2[C@H](C)[C@@](CNC2CCC(C(=O)OC)CC2)(c2ccccc2)O3)c1F. The molecule has 1 aliphatic carbocycles. The molecule has 0 aromatic heterocycles. The third-order valence-corrected chi connectivity index (χ3v) is 9.36. The summed E-state index contributed by atoms with van der Waals surface area (Å²) in [5.41, 5.74) is 5.46. The summed E-state index contributed by atoms with van der Waals surface area (Å²) in [4.78, 5) is 24.6. The number of hydrogen-bond donors (Lipinski definition) is 2. The summed E-state index contributed by atoms with van der Waals surface area (Å²) in [7, 11) is 2.89. The summed E-state index contributed by atoms with van der Waals surface area (Å²) >= 11 is 6.63. The number of halogens is 3. The molecule has 1 fully saturated rings. The zero-order valence-corrected chi connectivity index (χ0v) is 26.2. The number of rotatable bonds is 11. The molecule has 1 saturated carbocycles. The molecule has 8 nitrogen and oxygen atoms in total. The molecule has 0 saturated heterocycles. The average Bonchev–Trinajstić information content (AvgIpc) is 3.33. The Labute approximate surface area is 266 Å². The molecular formula is C34H37ClF2N2O6. The van der Waals surface area contributed by atoms with E-state index in [1.165, 1.54) is 32.4 Å². The van der Waals surface area contributed by atoms with Crippen LogP contribution in [0.2, 0.25) is 5.02 Å². The fraction of sp³-hybridized carbons (Fsp3) is 0.412. The van der Waals surface area contributed by atoms with E-state index in [9.17, 15) is 9.59 Å². The molecule has 2 atom stereocenters. The van der Waals surface area contributed by atoms with Gasteiger partial charge in [0.1, 0.15) is 18.2 Å². The van der Waals surface area contributed by atoms with Crippen LogP contribution in [-0.4, -0.2) is 51.9 Å². The Morgan fingerprint density at radius 2 is 1.76 bits per heavy atom. The second-order valence-electron chi connectivity index (χ2n) is 11.5. The Bertz CT molecular complexity index is 1560. The van der Waals surface area contributed by atoms with Crippen molar-refractivity contribution in [3.8, 4) is 22.6 Å². The molecule has 5 rings (SSSR count). The minimum absolute atomic E-state index is 0.0148. The van der Waals surface area contributed by atoms with Gasteiger partial charge in [-0.1, -0.05) is 48.9 Å². The van der Waals surface area contributed by atoms with Crippen molar-refractivity contribution < 1.29 is 37.3 Å². The van der Waals surface area contributed by atoms with Crippen LogP contribution in [0.4, 0.5) is 8.78 Å². The van der Waals surface area contributed by atoms with Crippen molar-refractivity contribution in [2.24, 2.45) is 11.7 Å². The van der Waals surface area contributed by atoms with E-state index in [1.807, 2.05) is 37.3 Å². The van der Waals surface area contributed by atoms with Gasteiger partial charge in [-0.15, -0.1) is 0 Å². The van der Waals surface area contributed by atoms with Gasteiger partial charge in [-0.3, -0.25) is 9.59 Å². The minimum Gasteiger partial charge on any atom is -0.488 e. The number of carbonyl (C=O) groups excluding carboxylic acids is 2. The highest BCUT2D eigenvalue weighted by atomic mass is 35.5. The van der Waals surface area contributed by atoms with Crippen LogP contribution in [0, 0.1) is 17.6 Å². The fourth-order valence-electron chi connectivity index (χ4n) is 6.56. The van der Waals surface area contributed by atoms with Crippen molar-refractivity contribution in [3.05, 3.63) is 81.9 Å². The van der Waals surface area contributed by atoms with Crippen LogP contribution in [0.15, 0.2) is 48.5 Å². The number of ether oxygens (including phenoxy) is 4. The van der Waals surface area contributed by atoms with E-state index in [0.29, 0.717) is 24.9 Å². The van der Waals surface area contributed by atoms with Gasteiger partial charge in [-0.25, -0.2) is 8.78 Å². The van der Waals surface area contributed by atoms with Gasteiger partial charge in [0, 0.05) is 48.4 Å². The maximum atomic E-state index is 16.3. The first-order valence-corrected chi connectivity index (χ1v) is 15.3. The van der Waals surface area contributed by atoms with Gasteiger partial charge in [-0.05, 0) is 43.4 Å². The number of fused-ring (bicyclic) bond motifs is 1. The number of amides is 1. The summed E-state index contributed by atoms with van der Waals surface area (Å²) in [5, 5.41) is 3.27. The largest absolute Gasteiger partial charge is 0.488 e. The molecule has 1 aliphatic heterocycles. The first-order valence-electron chi connectivity index (χ1n) is 14.9. The molecule has 3 N–H and O–H groups in total. The smallest absolute Gasteiger partial charge is 0.308 e. The highest BCUT2D eigenvalue weighted by molar-refractivity contribution is 6.34. The van der Waals surface area contributed by atoms with Crippen LogP contribution >= 0.6 is 11.6 Å². The molecule has 45 heavy (non-hydrogen) atoms. The van der Waals surface area contributed by atoms with E-state index in [4.69, 9.17) is 36.3 Å². The van der Waals surface area contributed by atoms with Gasteiger partial charge < -0.3 is 30.0 Å². The molecule has 2 aliphatic rings. The normalized spacial score (nSPS) is 22.4. The van der Waals surface area contributed by atoms with Gasteiger partial charge in [0.05, 0.1) is 30.2 Å². The van der Waals surface area contributed by atoms with E-state index < -0.39 is 29.1 Å².